The van der Waals surface area contributed by atoms with E-state index in [9.17, 15) is 14.7 Å². The topological polar surface area (TPSA) is 96.8 Å². The van der Waals surface area contributed by atoms with Gasteiger partial charge in [-0.2, -0.15) is 0 Å². The van der Waals surface area contributed by atoms with E-state index in [0.29, 0.717) is 18.6 Å². The second-order valence-electron chi connectivity index (χ2n) is 5.74. The summed E-state index contributed by atoms with van der Waals surface area (Å²) in [5.41, 5.74) is -0.497. The van der Waals surface area contributed by atoms with E-state index in [1.165, 1.54) is 10.8 Å². The molecule has 2 rings (SSSR count). The number of aryl methyl sites for hydroxylation is 1. The minimum Gasteiger partial charge on any atom is -0.394 e. The molecule has 2 N–H and O–H groups in total. The van der Waals surface area contributed by atoms with Crippen molar-refractivity contribution in [2.45, 2.75) is 31.8 Å². The molecule has 8 nitrogen and oxygen atoms in total. The fraction of sp³-hybridized carbons (Fsp3) is 0.714. The van der Waals surface area contributed by atoms with Crippen molar-refractivity contribution >= 4 is 0 Å². The average molecular weight is 313 g/mol. The van der Waals surface area contributed by atoms with Gasteiger partial charge in [-0.15, -0.1) is 0 Å². The lowest BCUT2D eigenvalue weighted by atomic mass is 10.2. The van der Waals surface area contributed by atoms with Crippen LogP contribution in [0.1, 0.15) is 18.2 Å². The van der Waals surface area contributed by atoms with Gasteiger partial charge in [-0.25, -0.2) is 4.79 Å². The molecule has 0 bridgehead atoms. The molecule has 2 heterocycles. The second-order valence-corrected chi connectivity index (χ2v) is 5.74. The molecule has 1 aromatic heterocycles. The summed E-state index contributed by atoms with van der Waals surface area (Å²) in [5.74, 6) is 0. The van der Waals surface area contributed by atoms with Crippen molar-refractivity contribution in [1.82, 2.24) is 14.5 Å². The number of hydrogen-bond donors (Lipinski definition) is 2. The average Bonchev–Trinajstić information content (AvgIpc) is 2.85. The first kappa shape index (κ1) is 16.9. The molecule has 0 aromatic carbocycles. The van der Waals surface area contributed by atoms with Crippen molar-refractivity contribution < 1.29 is 14.6 Å². The number of rotatable bonds is 6. The summed E-state index contributed by atoms with van der Waals surface area (Å²) in [6, 6.07) is 0. The van der Waals surface area contributed by atoms with E-state index < -0.39 is 23.6 Å². The van der Waals surface area contributed by atoms with Gasteiger partial charge in [0.15, 0.2) is 0 Å². The molecule has 8 heteroatoms. The normalized spacial score (nSPS) is 25.0. The molecule has 0 saturated carbocycles. The number of aromatic nitrogens is 2. The van der Waals surface area contributed by atoms with Crippen molar-refractivity contribution in [1.29, 1.82) is 0 Å². The van der Waals surface area contributed by atoms with Crippen molar-refractivity contribution in [3.05, 3.63) is 32.6 Å². The van der Waals surface area contributed by atoms with Crippen molar-refractivity contribution in [2.75, 3.05) is 33.9 Å². The number of aliphatic hydroxyl groups excluding tert-OH is 1. The molecule has 1 aliphatic heterocycles. The van der Waals surface area contributed by atoms with Crippen LogP contribution < -0.4 is 11.2 Å². The predicted octanol–water partition coefficient (Wildman–Crippen LogP) is -0.928. The molecular formula is C14H23N3O5. The van der Waals surface area contributed by atoms with Gasteiger partial charge in [0.2, 0.25) is 0 Å². The summed E-state index contributed by atoms with van der Waals surface area (Å²) >= 11 is 0. The van der Waals surface area contributed by atoms with E-state index >= 15 is 0 Å². The lowest BCUT2D eigenvalue weighted by Crippen LogP contribution is -2.33. The minimum absolute atomic E-state index is 0.180. The molecule has 1 fully saturated rings. The maximum atomic E-state index is 11.9. The quantitative estimate of drug-likeness (QED) is 0.704. The third-order valence-electron chi connectivity index (χ3n) is 3.69. The monoisotopic (exact) mass is 313 g/mol. The highest BCUT2D eigenvalue weighted by molar-refractivity contribution is 5.02. The molecule has 1 aromatic rings. The maximum Gasteiger partial charge on any atom is 0.330 e. The number of nitrogens with one attached hydrogen (secondary N) is 1. The van der Waals surface area contributed by atoms with Crippen LogP contribution in [0.4, 0.5) is 0 Å². The van der Waals surface area contributed by atoms with E-state index in [2.05, 4.69) is 4.98 Å². The standard InChI is InChI=1S/C14H23N3O5/c1-9-7-17(14(20)15-13(9)19)12-6-10(11(8-18)22-12)21-5-4-16(2)3/h7,10-12,18H,4-6,8H2,1-3H3,(H,15,19,20)/t10-,11+,12+/m0/s1. The molecule has 3 atom stereocenters. The number of nitrogens with zero attached hydrogens (tertiary/aromatic N) is 2. The maximum absolute atomic E-state index is 11.9. The van der Waals surface area contributed by atoms with E-state index in [-0.39, 0.29) is 12.7 Å². The zero-order chi connectivity index (χ0) is 16.3. The predicted molar refractivity (Wildman–Crippen MR) is 80.0 cm³/mol. The summed E-state index contributed by atoms with van der Waals surface area (Å²) in [7, 11) is 3.90. The Balaban J connectivity index is 2.10. The number of aromatic amines is 1. The van der Waals surface area contributed by atoms with Gasteiger partial charge in [-0.05, 0) is 21.0 Å². The number of hydrogen-bond acceptors (Lipinski definition) is 6. The van der Waals surface area contributed by atoms with Crippen LogP contribution in [0.25, 0.3) is 0 Å². The van der Waals surface area contributed by atoms with Gasteiger partial charge in [-0.3, -0.25) is 14.3 Å². The summed E-state index contributed by atoms with van der Waals surface area (Å²) in [4.78, 5) is 27.6. The van der Waals surface area contributed by atoms with Gasteiger partial charge in [-0.1, -0.05) is 0 Å². The Morgan fingerprint density at radius 2 is 2.23 bits per heavy atom. The van der Waals surface area contributed by atoms with Gasteiger partial charge in [0, 0.05) is 24.7 Å². The molecule has 0 spiro atoms. The van der Waals surface area contributed by atoms with Crippen LogP contribution in [-0.2, 0) is 9.47 Å². The molecule has 0 amide bonds. The van der Waals surface area contributed by atoms with Gasteiger partial charge >= 0.3 is 5.69 Å². The smallest absolute Gasteiger partial charge is 0.330 e. The van der Waals surface area contributed by atoms with Crippen LogP contribution in [0.15, 0.2) is 15.8 Å². The Hall–Kier alpha value is -1.48. The summed E-state index contributed by atoms with van der Waals surface area (Å²) in [5, 5.41) is 9.42. The van der Waals surface area contributed by atoms with E-state index in [0.717, 1.165) is 6.54 Å². The number of H-pyrrole nitrogens is 1. The first-order chi connectivity index (χ1) is 10.4. The molecule has 1 saturated heterocycles. The van der Waals surface area contributed by atoms with E-state index in [1.807, 2.05) is 19.0 Å². The Kier molecular flexibility index (Phi) is 5.52. The van der Waals surface area contributed by atoms with Crippen LogP contribution in [-0.4, -0.2) is 65.6 Å². The second kappa shape index (κ2) is 7.19. The van der Waals surface area contributed by atoms with E-state index in [4.69, 9.17) is 9.47 Å². The minimum atomic E-state index is -0.551. The van der Waals surface area contributed by atoms with Gasteiger partial charge in [0.25, 0.3) is 5.56 Å². The van der Waals surface area contributed by atoms with Crippen molar-refractivity contribution in [2.24, 2.45) is 0 Å². The van der Waals surface area contributed by atoms with Crippen LogP contribution in [0.3, 0.4) is 0 Å². The third-order valence-corrected chi connectivity index (χ3v) is 3.69. The Bertz CT molecular complexity index is 609. The largest absolute Gasteiger partial charge is 0.394 e. The van der Waals surface area contributed by atoms with E-state index in [1.54, 1.807) is 6.92 Å². The Labute approximate surface area is 128 Å². The van der Waals surface area contributed by atoms with Crippen molar-refractivity contribution in [3.63, 3.8) is 0 Å². The molecule has 0 unspecified atom stereocenters. The van der Waals surface area contributed by atoms with Crippen molar-refractivity contribution in [3.8, 4) is 0 Å². The molecule has 0 radical (unpaired) electrons. The molecule has 0 aliphatic carbocycles. The van der Waals surface area contributed by atoms with Gasteiger partial charge < -0.3 is 19.5 Å². The van der Waals surface area contributed by atoms with Crippen LogP contribution in [0.2, 0.25) is 0 Å². The SMILES string of the molecule is Cc1cn([C@H]2C[C@H](OCCN(C)C)[C@@H](CO)O2)c(=O)[nH]c1=O. The first-order valence-corrected chi connectivity index (χ1v) is 7.27. The number of aliphatic hydroxyl groups is 1. The lowest BCUT2D eigenvalue weighted by Gasteiger charge is -2.18. The number of likely N-dealkylation sites (N-methyl/N-ethyl adjacent to an activating group) is 1. The van der Waals surface area contributed by atoms with Crippen LogP contribution >= 0.6 is 0 Å². The van der Waals surface area contributed by atoms with Gasteiger partial charge in [0.1, 0.15) is 12.3 Å². The highest BCUT2D eigenvalue weighted by Crippen LogP contribution is 2.29. The fourth-order valence-corrected chi connectivity index (χ4v) is 2.40. The Morgan fingerprint density at radius 1 is 1.50 bits per heavy atom. The highest BCUT2D eigenvalue weighted by atomic mass is 16.6. The first-order valence-electron chi connectivity index (χ1n) is 7.27. The summed E-state index contributed by atoms with van der Waals surface area (Å²) in [6.45, 7) is 2.72. The molecule has 124 valence electrons. The summed E-state index contributed by atoms with van der Waals surface area (Å²) < 4.78 is 12.8. The molecule has 22 heavy (non-hydrogen) atoms. The molecule has 1 aliphatic rings. The highest BCUT2D eigenvalue weighted by Gasteiger charge is 2.37. The zero-order valence-electron chi connectivity index (χ0n) is 13.1. The molecular weight excluding hydrogens is 290 g/mol. The zero-order valence-corrected chi connectivity index (χ0v) is 13.1. The van der Waals surface area contributed by atoms with Crippen LogP contribution in [0, 0.1) is 6.92 Å². The number of ether oxygens (including phenoxy) is 2. The fourth-order valence-electron chi connectivity index (χ4n) is 2.40. The Morgan fingerprint density at radius 3 is 2.86 bits per heavy atom. The van der Waals surface area contributed by atoms with Gasteiger partial charge in [0.05, 0.1) is 19.3 Å². The third kappa shape index (κ3) is 3.83. The van der Waals surface area contributed by atoms with Crippen LogP contribution in [0.5, 0.6) is 0 Å². The summed E-state index contributed by atoms with van der Waals surface area (Å²) in [6.07, 6.45) is 0.608. The lowest BCUT2D eigenvalue weighted by molar-refractivity contribution is -0.0634.